The summed E-state index contributed by atoms with van der Waals surface area (Å²) in [6, 6.07) is 6.69. The zero-order chi connectivity index (χ0) is 17.6. The second-order valence-corrected chi connectivity index (χ2v) is 6.09. The largest absolute Gasteiger partial charge is 0.368 e. The van der Waals surface area contributed by atoms with Gasteiger partial charge in [-0.15, -0.1) is 0 Å². The van der Waals surface area contributed by atoms with E-state index in [0.29, 0.717) is 11.4 Å². The van der Waals surface area contributed by atoms with Crippen molar-refractivity contribution in [1.82, 2.24) is 15.2 Å². The summed E-state index contributed by atoms with van der Waals surface area (Å²) in [7, 11) is 0. The van der Waals surface area contributed by atoms with E-state index in [9.17, 15) is 19.5 Å². The van der Waals surface area contributed by atoms with Gasteiger partial charge in [-0.3, -0.25) is 24.6 Å². The number of aliphatic hydroxyl groups is 1. The molecule has 2 atom stereocenters. The molecule has 3 heterocycles. The first-order valence-corrected chi connectivity index (χ1v) is 7.93. The Morgan fingerprint density at radius 3 is 2.84 bits per heavy atom. The van der Waals surface area contributed by atoms with Gasteiger partial charge < -0.3 is 15.4 Å². The smallest absolute Gasteiger partial charge is 0.251 e. The van der Waals surface area contributed by atoms with E-state index in [1.165, 1.54) is 6.08 Å². The minimum atomic E-state index is -1.27. The number of fused-ring (bicyclic) bond motifs is 1. The van der Waals surface area contributed by atoms with E-state index in [0.717, 1.165) is 15.8 Å². The normalized spacial score (nSPS) is 23.8. The van der Waals surface area contributed by atoms with E-state index in [-0.39, 0.29) is 18.7 Å². The Labute approximate surface area is 142 Å². The molecular formula is C17H16N4O4. The number of H-pyrrole nitrogens is 1. The van der Waals surface area contributed by atoms with Crippen molar-refractivity contribution < 1.29 is 19.5 Å². The van der Waals surface area contributed by atoms with Crippen molar-refractivity contribution in [2.45, 2.75) is 25.1 Å². The Hall–Kier alpha value is -3.13. The third-order valence-corrected chi connectivity index (χ3v) is 4.46. The second kappa shape index (κ2) is 5.75. The molecule has 1 aromatic heterocycles. The number of piperidine rings is 1. The molecule has 4 N–H and O–H groups in total. The van der Waals surface area contributed by atoms with Crippen molar-refractivity contribution >= 4 is 34.3 Å². The van der Waals surface area contributed by atoms with E-state index in [2.05, 4.69) is 15.6 Å². The lowest BCUT2D eigenvalue weighted by atomic mass is 10.0. The second-order valence-electron chi connectivity index (χ2n) is 6.09. The summed E-state index contributed by atoms with van der Waals surface area (Å²) >= 11 is 0. The third-order valence-electron chi connectivity index (χ3n) is 4.46. The van der Waals surface area contributed by atoms with E-state index >= 15 is 0 Å². The number of imide groups is 1. The predicted octanol–water partition coefficient (Wildman–Crippen LogP) is 0.429. The van der Waals surface area contributed by atoms with E-state index in [1.54, 1.807) is 0 Å². The molecule has 1 fully saturated rings. The van der Waals surface area contributed by atoms with Gasteiger partial charge in [0.05, 0.1) is 5.70 Å². The maximum Gasteiger partial charge on any atom is 0.251 e. The molecule has 0 spiro atoms. The minimum absolute atomic E-state index is 0.138. The van der Waals surface area contributed by atoms with Gasteiger partial charge in [-0.2, -0.15) is 0 Å². The highest BCUT2D eigenvalue weighted by atomic mass is 16.3. The molecule has 2 aromatic rings. The number of nitrogens with one attached hydrogen (secondary N) is 3. The fraction of sp³-hybridized carbons (Fsp3) is 0.235. The molecule has 2 aliphatic heterocycles. The maximum atomic E-state index is 12.3. The number of hydrogen-bond acceptors (Lipinski definition) is 5. The van der Waals surface area contributed by atoms with Gasteiger partial charge in [0, 0.05) is 29.9 Å². The highest BCUT2D eigenvalue weighted by Gasteiger charge is 2.42. The summed E-state index contributed by atoms with van der Waals surface area (Å²) in [6.45, 7) is 0. The van der Waals surface area contributed by atoms with Crippen molar-refractivity contribution in [1.29, 1.82) is 0 Å². The third kappa shape index (κ3) is 2.66. The summed E-state index contributed by atoms with van der Waals surface area (Å²) < 4.78 is 0. The van der Waals surface area contributed by atoms with Crippen LogP contribution in [0.1, 0.15) is 12.8 Å². The van der Waals surface area contributed by atoms with Crippen LogP contribution in [0.15, 0.2) is 42.2 Å². The van der Waals surface area contributed by atoms with Crippen LogP contribution in [-0.2, 0) is 14.4 Å². The molecule has 8 heteroatoms. The molecule has 1 aromatic carbocycles. The number of benzene rings is 1. The predicted molar refractivity (Wildman–Crippen MR) is 89.0 cm³/mol. The summed E-state index contributed by atoms with van der Waals surface area (Å²) in [5.41, 5.74) is 1.92. The van der Waals surface area contributed by atoms with Crippen LogP contribution in [0, 0.1) is 0 Å². The van der Waals surface area contributed by atoms with E-state index < -0.39 is 24.1 Å². The zero-order valence-corrected chi connectivity index (χ0v) is 13.2. The number of hydrogen-bond donors (Lipinski definition) is 4. The molecular weight excluding hydrogens is 324 g/mol. The molecule has 3 amide bonds. The van der Waals surface area contributed by atoms with Crippen molar-refractivity contribution in [2.24, 2.45) is 0 Å². The molecule has 4 rings (SSSR count). The van der Waals surface area contributed by atoms with Gasteiger partial charge in [-0.25, -0.2) is 0 Å². The van der Waals surface area contributed by atoms with Crippen LogP contribution in [-0.4, -0.2) is 45.0 Å². The van der Waals surface area contributed by atoms with Crippen molar-refractivity contribution in [2.75, 3.05) is 5.32 Å². The fourth-order valence-corrected chi connectivity index (χ4v) is 3.22. The average molecular weight is 340 g/mol. The Morgan fingerprint density at radius 1 is 1.20 bits per heavy atom. The minimum Gasteiger partial charge on any atom is -0.368 e. The molecule has 2 unspecified atom stereocenters. The Morgan fingerprint density at radius 2 is 2.04 bits per heavy atom. The van der Waals surface area contributed by atoms with Crippen LogP contribution in [0.3, 0.4) is 0 Å². The van der Waals surface area contributed by atoms with Gasteiger partial charge >= 0.3 is 0 Å². The molecule has 128 valence electrons. The number of aromatic nitrogens is 1. The van der Waals surface area contributed by atoms with Gasteiger partial charge in [0.15, 0.2) is 6.23 Å². The lowest BCUT2D eigenvalue weighted by Crippen LogP contribution is -2.55. The van der Waals surface area contributed by atoms with Gasteiger partial charge in [-0.1, -0.05) is 6.07 Å². The van der Waals surface area contributed by atoms with Gasteiger partial charge in [0.25, 0.3) is 5.91 Å². The number of anilines is 1. The molecule has 0 saturated carbocycles. The highest BCUT2D eigenvalue weighted by molar-refractivity contribution is 6.03. The number of rotatable bonds is 3. The van der Waals surface area contributed by atoms with E-state index in [4.69, 9.17) is 0 Å². The van der Waals surface area contributed by atoms with Crippen LogP contribution in [0.25, 0.3) is 10.9 Å². The van der Waals surface area contributed by atoms with Crippen LogP contribution in [0.5, 0.6) is 0 Å². The maximum absolute atomic E-state index is 12.3. The van der Waals surface area contributed by atoms with Crippen molar-refractivity contribution in [3.8, 4) is 0 Å². The Balaban J connectivity index is 1.53. The molecule has 8 nitrogen and oxygen atoms in total. The van der Waals surface area contributed by atoms with E-state index in [1.807, 2.05) is 30.5 Å². The highest BCUT2D eigenvalue weighted by Crippen LogP contribution is 2.26. The number of carbonyl (C=O) groups excluding carboxylic acids is 3. The number of nitrogens with zero attached hydrogens (tertiary/aromatic N) is 1. The van der Waals surface area contributed by atoms with Crippen LogP contribution in [0.4, 0.5) is 5.69 Å². The first-order valence-electron chi connectivity index (χ1n) is 7.93. The number of amides is 3. The SMILES string of the molecule is O=C1CCC(N2C(=O)C=C(Nc3ccc4cc[nH]c4c3)C2O)C(=O)N1. The standard InChI is InChI=1S/C17H16N4O4/c22-14-4-3-13(16(24)20-14)21-15(23)8-12(17(21)25)19-10-2-1-9-5-6-18-11(9)7-10/h1-2,5-8,13,17-19,25H,3-4H2,(H,20,22,24). The van der Waals surface area contributed by atoms with Gasteiger partial charge in [-0.05, 0) is 30.0 Å². The molecule has 1 saturated heterocycles. The summed E-state index contributed by atoms with van der Waals surface area (Å²) in [6.07, 6.45) is 2.16. The quantitative estimate of drug-likeness (QED) is 0.605. The first kappa shape index (κ1) is 15.4. The molecule has 0 aliphatic carbocycles. The van der Waals surface area contributed by atoms with Gasteiger partial charge in [0.1, 0.15) is 6.04 Å². The molecule has 0 radical (unpaired) electrons. The van der Waals surface area contributed by atoms with Crippen LogP contribution < -0.4 is 10.6 Å². The molecule has 0 bridgehead atoms. The Bertz CT molecular complexity index is 916. The summed E-state index contributed by atoms with van der Waals surface area (Å²) in [4.78, 5) is 39.7. The number of carbonyl (C=O) groups is 3. The van der Waals surface area contributed by atoms with Crippen LogP contribution in [0.2, 0.25) is 0 Å². The first-order chi connectivity index (χ1) is 12.0. The Kier molecular flexibility index (Phi) is 3.54. The lowest BCUT2D eigenvalue weighted by molar-refractivity contribution is -0.148. The van der Waals surface area contributed by atoms with Gasteiger partial charge in [0.2, 0.25) is 11.8 Å². The fourth-order valence-electron chi connectivity index (χ4n) is 3.22. The molecule has 2 aliphatic rings. The van der Waals surface area contributed by atoms with Crippen molar-refractivity contribution in [3.63, 3.8) is 0 Å². The lowest BCUT2D eigenvalue weighted by Gasteiger charge is -2.32. The molecule has 25 heavy (non-hydrogen) atoms. The monoisotopic (exact) mass is 340 g/mol. The summed E-state index contributed by atoms with van der Waals surface area (Å²) in [5, 5.41) is 16.8. The average Bonchev–Trinajstić information content (AvgIpc) is 3.13. The van der Waals surface area contributed by atoms with Crippen LogP contribution >= 0.6 is 0 Å². The van der Waals surface area contributed by atoms with Crippen molar-refractivity contribution in [3.05, 3.63) is 42.2 Å². The zero-order valence-electron chi connectivity index (χ0n) is 13.2. The number of aliphatic hydroxyl groups excluding tert-OH is 1. The topological polar surface area (TPSA) is 115 Å². The number of aromatic amines is 1. The summed E-state index contributed by atoms with van der Waals surface area (Å²) in [5.74, 6) is -1.40.